The van der Waals surface area contributed by atoms with Crippen molar-refractivity contribution in [1.29, 1.82) is 0 Å². The minimum atomic E-state index is -1.26. The summed E-state index contributed by atoms with van der Waals surface area (Å²) in [6.45, 7) is 4.98. The maximum Gasteiger partial charge on any atom is 0.410 e. The van der Waals surface area contributed by atoms with Gasteiger partial charge in [0.05, 0.1) is 0 Å². The molecule has 7 heteroatoms. The number of hydrogen-bond acceptors (Lipinski definition) is 4. The van der Waals surface area contributed by atoms with Crippen molar-refractivity contribution >= 4 is 18.0 Å². The third-order valence-corrected chi connectivity index (χ3v) is 2.07. The van der Waals surface area contributed by atoms with E-state index in [9.17, 15) is 14.4 Å². The molecular formula is C11H19NO6. The molecule has 7 nitrogen and oxygen atoms in total. The first-order valence-electron chi connectivity index (χ1n) is 5.45. The summed E-state index contributed by atoms with van der Waals surface area (Å²) in [5.41, 5.74) is -0.735. The van der Waals surface area contributed by atoms with Crippen molar-refractivity contribution in [2.45, 2.75) is 45.3 Å². The minimum absolute atomic E-state index is 0.166. The lowest BCUT2D eigenvalue weighted by molar-refractivity contribution is -0.143. The van der Waals surface area contributed by atoms with Crippen molar-refractivity contribution in [3.8, 4) is 0 Å². The van der Waals surface area contributed by atoms with Gasteiger partial charge in [-0.1, -0.05) is 0 Å². The van der Waals surface area contributed by atoms with Gasteiger partial charge in [-0.2, -0.15) is 0 Å². The number of amides is 1. The van der Waals surface area contributed by atoms with Crippen LogP contribution in [0, 0.1) is 0 Å². The number of ether oxygens (including phenoxy) is 1. The highest BCUT2D eigenvalue weighted by molar-refractivity contribution is 5.80. The second-order valence-electron chi connectivity index (χ2n) is 4.88. The summed E-state index contributed by atoms with van der Waals surface area (Å²) in [7, 11) is 1.27. The summed E-state index contributed by atoms with van der Waals surface area (Å²) in [5.74, 6) is -2.37. The van der Waals surface area contributed by atoms with Gasteiger partial charge in [0.1, 0.15) is 11.6 Å². The Bertz CT molecular complexity index is 333. The van der Waals surface area contributed by atoms with E-state index in [1.807, 2.05) is 0 Å². The molecule has 1 atom stereocenters. The summed E-state index contributed by atoms with van der Waals surface area (Å²) in [4.78, 5) is 33.9. The van der Waals surface area contributed by atoms with Crippen molar-refractivity contribution in [2.75, 3.05) is 7.05 Å². The van der Waals surface area contributed by atoms with Crippen molar-refractivity contribution < 1.29 is 29.3 Å². The van der Waals surface area contributed by atoms with E-state index in [1.54, 1.807) is 20.8 Å². The Labute approximate surface area is 105 Å². The minimum Gasteiger partial charge on any atom is -0.481 e. The zero-order valence-electron chi connectivity index (χ0n) is 11.0. The van der Waals surface area contributed by atoms with Crippen LogP contribution in [0.1, 0.15) is 33.6 Å². The number of carbonyl (C=O) groups excluding carboxylic acids is 1. The van der Waals surface area contributed by atoms with Crippen LogP contribution in [0.2, 0.25) is 0 Å². The summed E-state index contributed by atoms with van der Waals surface area (Å²) < 4.78 is 5.01. The average molecular weight is 261 g/mol. The summed E-state index contributed by atoms with van der Waals surface area (Å²) in [6.07, 6.45) is -1.29. The Morgan fingerprint density at radius 2 is 1.72 bits per heavy atom. The monoisotopic (exact) mass is 261 g/mol. The Morgan fingerprint density at radius 1 is 1.22 bits per heavy atom. The molecule has 0 unspecified atom stereocenters. The van der Waals surface area contributed by atoms with Crippen molar-refractivity contribution in [1.82, 2.24) is 4.90 Å². The molecule has 0 spiro atoms. The number of rotatable bonds is 5. The number of nitrogens with zero attached hydrogens (tertiary/aromatic N) is 1. The van der Waals surface area contributed by atoms with Crippen molar-refractivity contribution in [2.24, 2.45) is 0 Å². The van der Waals surface area contributed by atoms with Crippen LogP contribution in [0.5, 0.6) is 0 Å². The quantitative estimate of drug-likeness (QED) is 0.769. The second-order valence-corrected chi connectivity index (χ2v) is 4.88. The normalized spacial score (nSPS) is 12.7. The number of carboxylic acid groups (broad SMARTS) is 2. The molecule has 1 amide bonds. The first kappa shape index (κ1) is 16.2. The molecular weight excluding hydrogens is 242 g/mol. The summed E-state index contributed by atoms with van der Waals surface area (Å²) in [5, 5.41) is 17.5. The molecule has 104 valence electrons. The zero-order valence-corrected chi connectivity index (χ0v) is 11.0. The molecule has 0 saturated carbocycles. The Hall–Kier alpha value is -1.79. The molecule has 0 aromatic heterocycles. The van der Waals surface area contributed by atoms with Crippen LogP contribution in [0.25, 0.3) is 0 Å². The first-order valence-corrected chi connectivity index (χ1v) is 5.45. The fourth-order valence-corrected chi connectivity index (χ4v) is 1.20. The van der Waals surface area contributed by atoms with E-state index >= 15 is 0 Å². The van der Waals surface area contributed by atoms with Crippen LogP contribution in [0.3, 0.4) is 0 Å². The molecule has 0 aromatic rings. The van der Waals surface area contributed by atoms with E-state index in [0.717, 1.165) is 4.90 Å². The number of hydrogen-bond donors (Lipinski definition) is 2. The van der Waals surface area contributed by atoms with Gasteiger partial charge in [-0.05, 0) is 27.2 Å². The van der Waals surface area contributed by atoms with Crippen LogP contribution in [-0.4, -0.2) is 51.8 Å². The van der Waals surface area contributed by atoms with Gasteiger partial charge in [0, 0.05) is 13.5 Å². The summed E-state index contributed by atoms with van der Waals surface area (Å²) in [6, 6.07) is -1.21. The second kappa shape index (κ2) is 6.23. The van der Waals surface area contributed by atoms with Crippen LogP contribution in [0.4, 0.5) is 4.79 Å². The van der Waals surface area contributed by atoms with Gasteiger partial charge >= 0.3 is 18.0 Å². The average Bonchev–Trinajstić information content (AvgIpc) is 2.13. The predicted octanol–water partition coefficient (Wildman–Crippen LogP) is 1.17. The molecule has 0 heterocycles. The number of carboxylic acids is 2. The molecule has 2 N–H and O–H groups in total. The highest BCUT2D eigenvalue weighted by Gasteiger charge is 2.30. The predicted molar refractivity (Wildman–Crippen MR) is 62.3 cm³/mol. The topological polar surface area (TPSA) is 104 Å². The molecule has 0 aromatic carbocycles. The zero-order chi connectivity index (χ0) is 14.5. The lowest BCUT2D eigenvalue weighted by Crippen LogP contribution is -2.45. The fourth-order valence-electron chi connectivity index (χ4n) is 1.20. The molecule has 0 rings (SSSR count). The fraction of sp³-hybridized carbons (Fsp3) is 0.727. The Kier molecular flexibility index (Phi) is 5.61. The molecule has 0 bridgehead atoms. The third kappa shape index (κ3) is 6.07. The molecule has 0 saturated heterocycles. The van der Waals surface area contributed by atoms with Gasteiger partial charge in [0.2, 0.25) is 0 Å². The standard InChI is InChI=1S/C11H19NO6/c1-11(2,3)18-10(17)12(4)7(9(15)16)5-6-8(13)14/h7H,5-6H2,1-4H3,(H,13,14)(H,15,16)/t7-/m1/s1. The van der Waals surface area contributed by atoms with Gasteiger partial charge in [0.15, 0.2) is 0 Å². The molecule has 18 heavy (non-hydrogen) atoms. The van der Waals surface area contributed by atoms with E-state index in [2.05, 4.69) is 0 Å². The van der Waals surface area contributed by atoms with Gasteiger partial charge in [-0.25, -0.2) is 9.59 Å². The number of carbonyl (C=O) groups is 3. The van der Waals surface area contributed by atoms with Gasteiger partial charge < -0.3 is 14.9 Å². The van der Waals surface area contributed by atoms with Crippen LogP contribution >= 0.6 is 0 Å². The maximum atomic E-state index is 11.6. The largest absolute Gasteiger partial charge is 0.481 e. The number of likely N-dealkylation sites (N-methyl/N-ethyl adjacent to an activating group) is 1. The van der Waals surface area contributed by atoms with Crippen molar-refractivity contribution in [3.05, 3.63) is 0 Å². The third-order valence-electron chi connectivity index (χ3n) is 2.07. The molecule has 0 aliphatic rings. The molecule has 0 radical (unpaired) electrons. The van der Waals surface area contributed by atoms with Crippen LogP contribution in [-0.2, 0) is 14.3 Å². The van der Waals surface area contributed by atoms with Gasteiger partial charge in [0.25, 0.3) is 0 Å². The molecule has 0 aliphatic heterocycles. The highest BCUT2D eigenvalue weighted by atomic mass is 16.6. The van der Waals surface area contributed by atoms with Crippen molar-refractivity contribution in [3.63, 3.8) is 0 Å². The van der Waals surface area contributed by atoms with Crippen LogP contribution < -0.4 is 0 Å². The first-order chi connectivity index (χ1) is 8.04. The highest BCUT2D eigenvalue weighted by Crippen LogP contribution is 2.13. The van der Waals surface area contributed by atoms with E-state index in [-0.39, 0.29) is 12.8 Å². The lowest BCUT2D eigenvalue weighted by atomic mass is 10.1. The van der Waals surface area contributed by atoms with E-state index in [4.69, 9.17) is 14.9 Å². The SMILES string of the molecule is CN(C(=O)OC(C)(C)C)[C@H](CCC(=O)O)C(=O)O. The maximum absolute atomic E-state index is 11.6. The van der Waals surface area contributed by atoms with E-state index in [1.165, 1.54) is 7.05 Å². The van der Waals surface area contributed by atoms with Crippen LogP contribution in [0.15, 0.2) is 0 Å². The lowest BCUT2D eigenvalue weighted by Gasteiger charge is -2.28. The van der Waals surface area contributed by atoms with E-state index in [0.29, 0.717) is 0 Å². The molecule has 0 aliphatic carbocycles. The smallest absolute Gasteiger partial charge is 0.410 e. The number of aliphatic carboxylic acids is 2. The van der Waals surface area contributed by atoms with Gasteiger partial charge in [-0.15, -0.1) is 0 Å². The Balaban J connectivity index is 4.65. The van der Waals surface area contributed by atoms with E-state index < -0.39 is 29.7 Å². The summed E-state index contributed by atoms with van der Waals surface area (Å²) >= 11 is 0. The Morgan fingerprint density at radius 3 is 2.06 bits per heavy atom. The van der Waals surface area contributed by atoms with Gasteiger partial charge in [-0.3, -0.25) is 9.69 Å². The molecule has 0 fully saturated rings.